The molecule has 18 heavy (non-hydrogen) atoms. The molecular formula is C11H12N4O3. The number of carboxylic acid groups (broad SMARTS) is 1. The zero-order valence-corrected chi connectivity index (χ0v) is 9.54. The Morgan fingerprint density at radius 2 is 2.39 bits per heavy atom. The van der Waals surface area contributed by atoms with Crippen molar-refractivity contribution in [3.05, 3.63) is 28.8 Å². The molecule has 94 valence electrons. The van der Waals surface area contributed by atoms with Crippen LogP contribution in [0.5, 0.6) is 0 Å². The number of imidazole rings is 1. The molecule has 0 bridgehead atoms. The third-order valence-electron chi connectivity index (χ3n) is 3.27. The van der Waals surface area contributed by atoms with E-state index >= 15 is 0 Å². The van der Waals surface area contributed by atoms with E-state index in [4.69, 9.17) is 5.11 Å². The molecular weight excluding hydrogens is 236 g/mol. The number of hydrogen-bond donors (Lipinski definition) is 2. The molecule has 2 aromatic rings. The van der Waals surface area contributed by atoms with Gasteiger partial charge in [0.25, 0.3) is 0 Å². The Morgan fingerprint density at radius 3 is 3.11 bits per heavy atom. The van der Waals surface area contributed by atoms with E-state index in [9.17, 15) is 9.59 Å². The molecule has 1 aliphatic rings. The lowest BCUT2D eigenvalue weighted by molar-refractivity contribution is 0.154. The highest BCUT2D eigenvalue weighted by molar-refractivity contribution is 5.70. The number of aromatic amines is 1. The number of hydrogen-bond acceptors (Lipinski definition) is 3. The highest BCUT2D eigenvalue weighted by Crippen LogP contribution is 2.22. The van der Waals surface area contributed by atoms with Crippen LogP contribution < -0.4 is 5.69 Å². The van der Waals surface area contributed by atoms with Gasteiger partial charge < -0.3 is 15.0 Å². The minimum absolute atomic E-state index is 0.141. The molecule has 2 N–H and O–H groups in total. The van der Waals surface area contributed by atoms with E-state index in [0.29, 0.717) is 30.7 Å². The SMILES string of the molecule is O=C(O)N1CCC(n2c(=O)[nH]c3cccnc32)C1. The predicted molar refractivity (Wildman–Crippen MR) is 63.6 cm³/mol. The summed E-state index contributed by atoms with van der Waals surface area (Å²) in [6.45, 7) is 0.782. The number of likely N-dealkylation sites (tertiary alicyclic amines) is 1. The van der Waals surface area contributed by atoms with Gasteiger partial charge in [0, 0.05) is 19.3 Å². The first kappa shape index (κ1) is 10.8. The van der Waals surface area contributed by atoms with Crippen LogP contribution in [-0.2, 0) is 0 Å². The van der Waals surface area contributed by atoms with Crippen LogP contribution in [0.15, 0.2) is 23.1 Å². The van der Waals surface area contributed by atoms with Crippen molar-refractivity contribution >= 4 is 17.3 Å². The van der Waals surface area contributed by atoms with Crippen molar-refractivity contribution in [1.29, 1.82) is 0 Å². The van der Waals surface area contributed by atoms with Crippen LogP contribution in [0.3, 0.4) is 0 Å². The van der Waals surface area contributed by atoms with Crippen molar-refractivity contribution in [2.75, 3.05) is 13.1 Å². The van der Waals surface area contributed by atoms with Gasteiger partial charge in [0.2, 0.25) is 0 Å². The first-order valence-corrected chi connectivity index (χ1v) is 5.70. The summed E-state index contributed by atoms with van der Waals surface area (Å²) in [5.74, 6) is 0. The van der Waals surface area contributed by atoms with Crippen LogP contribution >= 0.6 is 0 Å². The fourth-order valence-corrected chi connectivity index (χ4v) is 2.42. The van der Waals surface area contributed by atoms with Gasteiger partial charge in [-0.2, -0.15) is 0 Å². The maximum Gasteiger partial charge on any atom is 0.407 e. The van der Waals surface area contributed by atoms with E-state index in [1.807, 2.05) is 0 Å². The number of nitrogens with one attached hydrogen (secondary N) is 1. The molecule has 0 aliphatic carbocycles. The second kappa shape index (κ2) is 3.86. The number of nitrogens with zero attached hydrogens (tertiary/aromatic N) is 3. The number of fused-ring (bicyclic) bond motifs is 1. The molecule has 0 saturated carbocycles. The van der Waals surface area contributed by atoms with Crippen LogP contribution in [0.25, 0.3) is 11.2 Å². The minimum Gasteiger partial charge on any atom is -0.465 e. The Balaban J connectivity index is 2.03. The monoisotopic (exact) mass is 248 g/mol. The van der Waals surface area contributed by atoms with Gasteiger partial charge in [0.1, 0.15) is 0 Å². The fourth-order valence-electron chi connectivity index (χ4n) is 2.42. The summed E-state index contributed by atoms with van der Waals surface area (Å²) in [5.41, 5.74) is 1.02. The first-order chi connectivity index (χ1) is 8.66. The Bertz CT molecular complexity index is 660. The van der Waals surface area contributed by atoms with Crippen molar-refractivity contribution in [3.63, 3.8) is 0 Å². The van der Waals surface area contributed by atoms with Crippen molar-refractivity contribution in [1.82, 2.24) is 19.4 Å². The Labute approximate surface area is 102 Å². The summed E-state index contributed by atoms with van der Waals surface area (Å²) in [6.07, 6.45) is 1.31. The molecule has 1 atom stereocenters. The summed E-state index contributed by atoms with van der Waals surface area (Å²) in [6, 6.07) is 3.39. The van der Waals surface area contributed by atoms with Gasteiger partial charge in [0.05, 0.1) is 11.6 Å². The van der Waals surface area contributed by atoms with Crippen molar-refractivity contribution in [2.45, 2.75) is 12.5 Å². The first-order valence-electron chi connectivity index (χ1n) is 5.70. The average molecular weight is 248 g/mol. The van der Waals surface area contributed by atoms with E-state index in [1.54, 1.807) is 22.9 Å². The molecule has 1 saturated heterocycles. The Hall–Kier alpha value is -2.31. The van der Waals surface area contributed by atoms with E-state index in [0.717, 1.165) is 0 Å². The minimum atomic E-state index is -0.946. The molecule has 1 amide bonds. The molecule has 1 fully saturated rings. The number of pyridine rings is 1. The third-order valence-corrected chi connectivity index (χ3v) is 3.27. The maximum atomic E-state index is 11.9. The van der Waals surface area contributed by atoms with Crippen LogP contribution in [-0.4, -0.2) is 43.7 Å². The Kier molecular flexibility index (Phi) is 2.32. The lowest BCUT2D eigenvalue weighted by atomic mass is 10.2. The summed E-state index contributed by atoms with van der Waals surface area (Å²) >= 11 is 0. The van der Waals surface area contributed by atoms with Gasteiger partial charge in [-0.1, -0.05) is 0 Å². The molecule has 1 unspecified atom stereocenters. The summed E-state index contributed by atoms with van der Waals surface area (Å²) in [4.78, 5) is 31.0. The molecule has 2 aromatic heterocycles. The quantitative estimate of drug-likeness (QED) is 0.775. The van der Waals surface area contributed by atoms with Crippen molar-refractivity contribution in [2.24, 2.45) is 0 Å². The Morgan fingerprint density at radius 1 is 1.56 bits per heavy atom. The van der Waals surface area contributed by atoms with E-state index in [-0.39, 0.29) is 11.7 Å². The zero-order valence-electron chi connectivity index (χ0n) is 9.54. The number of aromatic nitrogens is 3. The van der Waals surface area contributed by atoms with Crippen molar-refractivity contribution in [3.8, 4) is 0 Å². The predicted octanol–water partition coefficient (Wildman–Crippen LogP) is 0.649. The van der Waals surface area contributed by atoms with Gasteiger partial charge in [-0.3, -0.25) is 4.57 Å². The van der Waals surface area contributed by atoms with Gasteiger partial charge >= 0.3 is 11.8 Å². The standard InChI is InChI=1S/C11H12N4O3/c16-10-13-8-2-1-4-12-9(8)15(10)7-3-5-14(6-7)11(17)18/h1-2,4,7H,3,5-6H2,(H,13,16)(H,17,18). The maximum absolute atomic E-state index is 11.9. The van der Waals surface area contributed by atoms with Gasteiger partial charge in [-0.25, -0.2) is 14.6 Å². The molecule has 3 heterocycles. The second-order valence-corrected chi connectivity index (χ2v) is 4.35. The zero-order chi connectivity index (χ0) is 12.7. The van der Waals surface area contributed by atoms with Crippen LogP contribution in [0.1, 0.15) is 12.5 Å². The van der Waals surface area contributed by atoms with E-state index in [1.165, 1.54) is 4.90 Å². The fraction of sp³-hybridized carbons (Fsp3) is 0.364. The van der Waals surface area contributed by atoms with Crippen molar-refractivity contribution < 1.29 is 9.90 Å². The molecule has 0 spiro atoms. The highest BCUT2D eigenvalue weighted by Gasteiger charge is 2.29. The molecule has 0 radical (unpaired) electrons. The highest BCUT2D eigenvalue weighted by atomic mass is 16.4. The summed E-state index contributed by atoms with van der Waals surface area (Å²) < 4.78 is 1.55. The van der Waals surface area contributed by atoms with Crippen LogP contribution in [0.2, 0.25) is 0 Å². The number of rotatable bonds is 1. The number of amides is 1. The van der Waals surface area contributed by atoms with Gasteiger partial charge in [-0.05, 0) is 18.6 Å². The number of carbonyl (C=O) groups is 1. The van der Waals surface area contributed by atoms with E-state index in [2.05, 4.69) is 9.97 Å². The number of H-pyrrole nitrogens is 1. The summed E-state index contributed by atoms with van der Waals surface area (Å²) in [5, 5.41) is 8.93. The van der Waals surface area contributed by atoms with Gasteiger partial charge in [-0.15, -0.1) is 0 Å². The topological polar surface area (TPSA) is 91.2 Å². The molecule has 7 heteroatoms. The molecule has 0 aromatic carbocycles. The van der Waals surface area contributed by atoms with E-state index < -0.39 is 6.09 Å². The lowest BCUT2D eigenvalue weighted by Crippen LogP contribution is -2.29. The molecule has 7 nitrogen and oxygen atoms in total. The normalized spacial score (nSPS) is 19.6. The third kappa shape index (κ3) is 1.55. The van der Waals surface area contributed by atoms with Crippen LogP contribution in [0.4, 0.5) is 4.79 Å². The molecule has 3 rings (SSSR count). The summed E-state index contributed by atoms with van der Waals surface area (Å²) in [7, 11) is 0. The van der Waals surface area contributed by atoms with Gasteiger partial charge in [0.15, 0.2) is 5.65 Å². The smallest absolute Gasteiger partial charge is 0.407 e. The largest absolute Gasteiger partial charge is 0.465 e. The molecule has 1 aliphatic heterocycles. The average Bonchev–Trinajstić information content (AvgIpc) is 2.91. The lowest BCUT2D eigenvalue weighted by Gasteiger charge is -2.13. The van der Waals surface area contributed by atoms with Crippen LogP contribution in [0, 0.1) is 0 Å². The second-order valence-electron chi connectivity index (χ2n) is 4.35.